The molecule has 0 unspecified atom stereocenters. The smallest absolute Gasteiger partial charge is 0.285 e. The molecule has 21 heavy (non-hydrogen) atoms. The van der Waals surface area contributed by atoms with E-state index in [4.69, 9.17) is 0 Å². The third kappa shape index (κ3) is 3.61. The van der Waals surface area contributed by atoms with Gasteiger partial charge in [-0.25, -0.2) is 0 Å². The maximum absolute atomic E-state index is 10.9. The standard InChI is InChI=1S/C16H17BrN2O2/c1-10-6-11(2)14(12(3)7-10)9-18-13-4-5-15(17)16(8-13)19(20)21/h4-8,18H,9H2,1-3H3. The van der Waals surface area contributed by atoms with Crippen LogP contribution in [0.15, 0.2) is 34.8 Å². The van der Waals surface area contributed by atoms with Crippen molar-refractivity contribution < 1.29 is 4.92 Å². The van der Waals surface area contributed by atoms with Crippen LogP contribution in [0.2, 0.25) is 0 Å². The van der Waals surface area contributed by atoms with Crippen LogP contribution in [0.3, 0.4) is 0 Å². The highest BCUT2D eigenvalue weighted by Crippen LogP contribution is 2.28. The highest BCUT2D eigenvalue weighted by Gasteiger charge is 2.12. The largest absolute Gasteiger partial charge is 0.381 e. The molecule has 0 amide bonds. The van der Waals surface area contributed by atoms with E-state index in [9.17, 15) is 10.1 Å². The molecule has 2 aromatic rings. The number of nitrogens with one attached hydrogen (secondary N) is 1. The van der Waals surface area contributed by atoms with Crippen molar-refractivity contribution >= 4 is 27.3 Å². The van der Waals surface area contributed by atoms with Gasteiger partial charge in [-0.15, -0.1) is 0 Å². The van der Waals surface area contributed by atoms with Crippen molar-refractivity contribution in [1.82, 2.24) is 0 Å². The maximum atomic E-state index is 10.9. The maximum Gasteiger partial charge on any atom is 0.285 e. The first-order valence-corrected chi connectivity index (χ1v) is 7.42. The fourth-order valence-electron chi connectivity index (χ4n) is 2.44. The number of nitrogens with zero attached hydrogens (tertiary/aromatic N) is 1. The number of hydrogen-bond acceptors (Lipinski definition) is 3. The van der Waals surface area contributed by atoms with Gasteiger partial charge < -0.3 is 5.32 Å². The molecule has 0 atom stereocenters. The van der Waals surface area contributed by atoms with E-state index in [1.165, 1.54) is 22.3 Å². The van der Waals surface area contributed by atoms with E-state index >= 15 is 0 Å². The van der Waals surface area contributed by atoms with E-state index in [1.54, 1.807) is 12.1 Å². The molecule has 2 rings (SSSR count). The van der Waals surface area contributed by atoms with Crippen LogP contribution in [0.4, 0.5) is 11.4 Å². The molecule has 2 aromatic carbocycles. The molecular weight excluding hydrogens is 332 g/mol. The average Bonchev–Trinajstić information content (AvgIpc) is 2.38. The van der Waals surface area contributed by atoms with E-state index in [0.29, 0.717) is 11.0 Å². The Morgan fingerprint density at radius 3 is 2.33 bits per heavy atom. The quantitative estimate of drug-likeness (QED) is 0.631. The van der Waals surface area contributed by atoms with Crippen LogP contribution < -0.4 is 5.32 Å². The minimum Gasteiger partial charge on any atom is -0.381 e. The predicted molar refractivity (Wildman–Crippen MR) is 88.8 cm³/mol. The van der Waals surface area contributed by atoms with Gasteiger partial charge in [0.25, 0.3) is 5.69 Å². The van der Waals surface area contributed by atoms with Crippen molar-refractivity contribution in [2.24, 2.45) is 0 Å². The third-order valence-electron chi connectivity index (χ3n) is 3.45. The van der Waals surface area contributed by atoms with Gasteiger partial charge in [-0.3, -0.25) is 10.1 Å². The van der Waals surface area contributed by atoms with Crippen molar-refractivity contribution in [3.63, 3.8) is 0 Å². The van der Waals surface area contributed by atoms with E-state index in [-0.39, 0.29) is 5.69 Å². The van der Waals surface area contributed by atoms with E-state index in [0.717, 1.165) is 5.69 Å². The fraction of sp³-hybridized carbons (Fsp3) is 0.250. The summed E-state index contributed by atoms with van der Waals surface area (Å²) >= 11 is 3.19. The number of halogens is 1. The Labute approximate surface area is 132 Å². The predicted octanol–water partition coefficient (Wildman–Crippen LogP) is 4.89. The minimum atomic E-state index is -0.391. The van der Waals surface area contributed by atoms with Crippen LogP contribution in [-0.2, 0) is 6.54 Å². The Kier molecular flexibility index (Phi) is 4.63. The fourth-order valence-corrected chi connectivity index (χ4v) is 2.83. The molecular formula is C16H17BrN2O2. The third-order valence-corrected chi connectivity index (χ3v) is 4.12. The Morgan fingerprint density at radius 2 is 1.76 bits per heavy atom. The summed E-state index contributed by atoms with van der Waals surface area (Å²) in [4.78, 5) is 10.6. The van der Waals surface area contributed by atoms with Crippen molar-refractivity contribution in [3.8, 4) is 0 Å². The molecule has 0 saturated heterocycles. The zero-order valence-electron chi connectivity index (χ0n) is 12.2. The summed E-state index contributed by atoms with van der Waals surface area (Å²) in [6, 6.07) is 9.36. The summed E-state index contributed by atoms with van der Waals surface area (Å²) in [6.07, 6.45) is 0. The lowest BCUT2D eigenvalue weighted by Gasteiger charge is -2.13. The lowest BCUT2D eigenvalue weighted by atomic mass is 10.00. The second-order valence-corrected chi connectivity index (χ2v) is 6.01. The second-order valence-electron chi connectivity index (χ2n) is 5.15. The summed E-state index contributed by atoms with van der Waals surface area (Å²) in [5.74, 6) is 0. The van der Waals surface area contributed by atoms with Crippen LogP contribution in [0.1, 0.15) is 22.3 Å². The first-order valence-electron chi connectivity index (χ1n) is 6.63. The Balaban J connectivity index is 2.21. The number of anilines is 1. The molecule has 0 saturated carbocycles. The number of nitro groups is 1. The normalized spacial score (nSPS) is 10.5. The van der Waals surface area contributed by atoms with E-state index in [1.807, 2.05) is 6.07 Å². The minimum absolute atomic E-state index is 0.0670. The highest BCUT2D eigenvalue weighted by atomic mass is 79.9. The van der Waals surface area contributed by atoms with Crippen LogP contribution in [-0.4, -0.2) is 4.92 Å². The summed E-state index contributed by atoms with van der Waals surface area (Å²) < 4.78 is 0.487. The van der Waals surface area contributed by atoms with Crippen molar-refractivity contribution in [1.29, 1.82) is 0 Å². The SMILES string of the molecule is Cc1cc(C)c(CNc2ccc(Br)c([N+](=O)[O-])c2)c(C)c1. The Hall–Kier alpha value is -1.88. The van der Waals surface area contributed by atoms with Gasteiger partial charge in [-0.1, -0.05) is 17.7 Å². The van der Waals surface area contributed by atoms with Crippen molar-refractivity contribution in [2.45, 2.75) is 27.3 Å². The van der Waals surface area contributed by atoms with Gasteiger partial charge >= 0.3 is 0 Å². The molecule has 0 spiro atoms. The van der Waals surface area contributed by atoms with Gasteiger partial charge in [0.15, 0.2) is 0 Å². The molecule has 0 fully saturated rings. The lowest BCUT2D eigenvalue weighted by molar-refractivity contribution is -0.385. The molecule has 110 valence electrons. The number of rotatable bonds is 4. The molecule has 0 radical (unpaired) electrons. The van der Waals surface area contributed by atoms with Crippen LogP contribution >= 0.6 is 15.9 Å². The summed E-state index contributed by atoms with van der Waals surface area (Å²) in [7, 11) is 0. The molecule has 0 heterocycles. The van der Waals surface area contributed by atoms with E-state index < -0.39 is 4.92 Å². The Morgan fingerprint density at radius 1 is 1.14 bits per heavy atom. The first-order chi connectivity index (χ1) is 9.88. The van der Waals surface area contributed by atoms with Gasteiger partial charge in [0.1, 0.15) is 0 Å². The molecule has 4 nitrogen and oxygen atoms in total. The van der Waals surface area contributed by atoms with Crippen LogP contribution in [0.25, 0.3) is 0 Å². The number of aryl methyl sites for hydroxylation is 3. The molecule has 1 N–H and O–H groups in total. The van der Waals surface area contributed by atoms with Crippen molar-refractivity contribution in [3.05, 3.63) is 67.2 Å². The molecule has 5 heteroatoms. The van der Waals surface area contributed by atoms with Crippen LogP contribution in [0, 0.1) is 30.9 Å². The zero-order valence-corrected chi connectivity index (χ0v) is 13.8. The molecule has 0 aromatic heterocycles. The second kappa shape index (κ2) is 6.26. The summed E-state index contributed by atoms with van der Waals surface area (Å²) in [6.45, 7) is 6.90. The average molecular weight is 349 g/mol. The summed E-state index contributed by atoms with van der Waals surface area (Å²) in [5, 5.41) is 14.2. The van der Waals surface area contributed by atoms with Gasteiger partial charge in [-0.05, 0) is 65.5 Å². The van der Waals surface area contributed by atoms with Gasteiger partial charge in [-0.2, -0.15) is 0 Å². The van der Waals surface area contributed by atoms with Crippen molar-refractivity contribution in [2.75, 3.05) is 5.32 Å². The Bertz CT molecular complexity index is 676. The van der Waals surface area contributed by atoms with Gasteiger partial charge in [0, 0.05) is 18.3 Å². The molecule has 0 aliphatic carbocycles. The topological polar surface area (TPSA) is 55.2 Å². The molecule has 0 bridgehead atoms. The summed E-state index contributed by atoms with van der Waals surface area (Å²) in [5.41, 5.74) is 5.74. The highest BCUT2D eigenvalue weighted by molar-refractivity contribution is 9.10. The van der Waals surface area contributed by atoms with Gasteiger partial charge in [0.05, 0.1) is 9.40 Å². The molecule has 0 aliphatic rings. The number of benzene rings is 2. The zero-order chi connectivity index (χ0) is 15.6. The monoisotopic (exact) mass is 348 g/mol. The number of hydrogen-bond donors (Lipinski definition) is 1. The lowest BCUT2D eigenvalue weighted by Crippen LogP contribution is -2.04. The van der Waals surface area contributed by atoms with E-state index in [2.05, 4.69) is 54.2 Å². The molecule has 0 aliphatic heterocycles. The van der Waals surface area contributed by atoms with Gasteiger partial charge in [0.2, 0.25) is 0 Å². The first kappa shape index (κ1) is 15.5. The number of nitro benzene ring substituents is 1. The van der Waals surface area contributed by atoms with Crippen LogP contribution in [0.5, 0.6) is 0 Å².